The topological polar surface area (TPSA) is 35.6 Å². The molecule has 0 unspecified atom stereocenters. The number of benzene rings is 8. The molecule has 4 nitrogen and oxygen atoms in total. The van der Waals surface area contributed by atoms with Crippen LogP contribution in [0.5, 0.6) is 0 Å². The minimum atomic E-state index is -4.59. The van der Waals surface area contributed by atoms with Gasteiger partial charge in [-0.15, -0.1) is 0 Å². The van der Waals surface area contributed by atoms with Crippen molar-refractivity contribution < 1.29 is 13.2 Å². The van der Waals surface area contributed by atoms with Crippen molar-refractivity contribution in [3.8, 4) is 34.0 Å². The number of alkyl halides is 3. The van der Waals surface area contributed by atoms with Crippen LogP contribution in [0.4, 0.5) is 13.2 Å². The zero-order valence-electron chi connectivity index (χ0n) is 30.6. The third kappa shape index (κ3) is 5.16. The van der Waals surface area contributed by atoms with Gasteiger partial charge in [0.25, 0.3) is 0 Å². The number of halogens is 3. The van der Waals surface area contributed by atoms with E-state index >= 15 is 0 Å². The Morgan fingerprint density at radius 1 is 0.456 bits per heavy atom. The molecule has 0 saturated heterocycles. The van der Waals surface area contributed by atoms with E-state index in [1.54, 1.807) is 6.92 Å². The Morgan fingerprint density at radius 2 is 1.04 bits per heavy atom. The van der Waals surface area contributed by atoms with Crippen molar-refractivity contribution in [2.75, 3.05) is 0 Å². The molecule has 3 heterocycles. The van der Waals surface area contributed by atoms with Gasteiger partial charge in [-0.3, -0.25) is 4.57 Å². The van der Waals surface area contributed by atoms with Gasteiger partial charge in [0.05, 0.1) is 33.1 Å². The van der Waals surface area contributed by atoms with Crippen LogP contribution in [0, 0.1) is 6.92 Å². The van der Waals surface area contributed by atoms with E-state index in [2.05, 4.69) is 100 Å². The van der Waals surface area contributed by atoms with Crippen LogP contribution in [0.3, 0.4) is 0 Å². The van der Waals surface area contributed by atoms with Crippen molar-refractivity contribution in [2.24, 2.45) is 0 Å². The lowest BCUT2D eigenvalue weighted by molar-refractivity contribution is -0.137. The minimum absolute atomic E-state index is 0.0235. The highest BCUT2D eigenvalue weighted by Crippen LogP contribution is 2.42. The highest BCUT2D eigenvalue weighted by molar-refractivity contribution is 6.14. The Bertz CT molecular complexity index is 3410. The van der Waals surface area contributed by atoms with Gasteiger partial charge in [0.2, 0.25) is 0 Å². The molecule has 7 heteroatoms. The summed E-state index contributed by atoms with van der Waals surface area (Å²) in [6.45, 7) is 1.78. The number of fused-ring (bicyclic) bond motifs is 9. The van der Waals surface area contributed by atoms with Crippen molar-refractivity contribution in [3.63, 3.8) is 0 Å². The van der Waals surface area contributed by atoms with Crippen molar-refractivity contribution in [3.05, 3.63) is 181 Å². The number of aromatic nitrogens is 4. The number of hydrogen-bond acceptors (Lipinski definition) is 2. The summed E-state index contributed by atoms with van der Waals surface area (Å²) in [4.78, 5) is 9.97. The molecule has 0 radical (unpaired) electrons. The van der Waals surface area contributed by atoms with Gasteiger partial charge >= 0.3 is 6.18 Å². The monoisotopic (exact) mass is 744 g/mol. The van der Waals surface area contributed by atoms with Crippen LogP contribution in [0.2, 0.25) is 0 Å². The van der Waals surface area contributed by atoms with Crippen LogP contribution in [0.25, 0.3) is 99.3 Å². The Hall–Kier alpha value is -7.25. The number of para-hydroxylation sites is 3. The zero-order valence-corrected chi connectivity index (χ0v) is 30.6. The molecule has 0 bridgehead atoms. The standard InChI is InChI=1S/C50H31F3N4/c1-30-19-24-42(50(51,52)53)41(27-30)48-54-47-35-14-6-5-11-31(35)20-23-38(47)49(55-48)57-44-18-10-8-16-37(44)40-29-33(22-26-46(40)57)32-21-25-45-39(28-32)36-15-7-9-17-43(36)56(45)34-12-3-2-4-13-34/h2-29H,1H3. The average Bonchev–Trinajstić information content (AvgIpc) is 3.75. The highest BCUT2D eigenvalue weighted by atomic mass is 19.4. The van der Waals surface area contributed by atoms with Gasteiger partial charge < -0.3 is 4.57 Å². The summed E-state index contributed by atoms with van der Waals surface area (Å²) in [6.07, 6.45) is -4.59. The summed E-state index contributed by atoms with van der Waals surface area (Å²) >= 11 is 0. The van der Waals surface area contributed by atoms with Gasteiger partial charge in [-0.05, 0) is 90.2 Å². The van der Waals surface area contributed by atoms with Crippen molar-refractivity contribution in [2.45, 2.75) is 13.1 Å². The van der Waals surface area contributed by atoms with Crippen LogP contribution in [0.15, 0.2) is 170 Å². The van der Waals surface area contributed by atoms with Crippen LogP contribution in [0.1, 0.15) is 11.1 Å². The Morgan fingerprint density at radius 3 is 1.72 bits per heavy atom. The molecule has 0 fully saturated rings. The predicted octanol–water partition coefficient (Wildman–Crippen LogP) is 13.6. The van der Waals surface area contributed by atoms with Gasteiger partial charge in [-0.2, -0.15) is 13.2 Å². The molecule has 0 aliphatic rings. The van der Waals surface area contributed by atoms with Gasteiger partial charge in [0.15, 0.2) is 5.82 Å². The highest BCUT2D eigenvalue weighted by Gasteiger charge is 2.35. The molecular formula is C50H31F3N4. The minimum Gasteiger partial charge on any atom is -0.309 e. The zero-order chi connectivity index (χ0) is 38.4. The first-order chi connectivity index (χ1) is 27.8. The number of rotatable bonds is 4. The quantitative estimate of drug-likeness (QED) is 0.168. The maximum Gasteiger partial charge on any atom is 0.417 e. The summed E-state index contributed by atoms with van der Waals surface area (Å²) in [7, 11) is 0. The fraction of sp³-hybridized carbons (Fsp3) is 0.0400. The molecule has 0 atom stereocenters. The fourth-order valence-electron chi connectivity index (χ4n) is 8.62. The molecule has 0 saturated carbocycles. The summed E-state index contributed by atoms with van der Waals surface area (Å²) < 4.78 is 48.1. The van der Waals surface area contributed by atoms with E-state index < -0.39 is 11.7 Å². The number of aryl methyl sites for hydroxylation is 1. The van der Waals surface area contributed by atoms with Crippen molar-refractivity contribution in [1.82, 2.24) is 19.1 Å². The number of hydrogen-bond donors (Lipinski definition) is 0. The largest absolute Gasteiger partial charge is 0.417 e. The average molecular weight is 745 g/mol. The van der Waals surface area contributed by atoms with E-state index in [0.717, 1.165) is 77.3 Å². The third-order valence-corrected chi connectivity index (χ3v) is 11.2. The van der Waals surface area contributed by atoms with Gasteiger partial charge in [0, 0.05) is 43.6 Å². The Labute approximate surface area is 324 Å². The maximum absolute atomic E-state index is 14.6. The molecule has 0 amide bonds. The van der Waals surface area contributed by atoms with Crippen LogP contribution >= 0.6 is 0 Å². The number of nitrogens with zero attached hydrogens (tertiary/aromatic N) is 4. The molecule has 0 N–H and O–H groups in total. The lowest BCUT2D eigenvalue weighted by Crippen LogP contribution is -2.10. The van der Waals surface area contributed by atoms with E-state index in [1.807, 2.05) is 60.7 Å². The van der Waals surface area contributed by atoms with E-state index in [-0.39, 0.29) is 11.4 Å². The summed E-state index contributed by atoms with van der Waals surface area (Å²) in [5.74, 6) is 0.542. The smallest absolute Gasteiger partial charge is 0.309 e. The van der Waals surface area contributed by atoms with E-state index in [4.69, 9.17) is 9.97 Å². The first-order valence-electron chi connectivity index (χ1n) is 18.8. The lowest BCUT2D eigenvalue weighted by atomic mass is 10.0. The molecular weight excluding hydrogens is 714 g/mol. The van der Waals surface area contributed by atoms with E-state index in [9.17, 15) is 13.2 Å². The third-order valence-electron chi connectivity index (χ3n) is 11.2. The second-order valence-corrected chi connectivity index (χ2v) is 14.6. The molecule has 3 aromatic heterocycles. The van der Waals surface area contributed by atoms with Crippen LogP contribution < -0.4 is 0 Å². The fourth-order valence-corrected chi connectivity index (χ4v) is 8.62. The first kappa shape index (κ1) is 33.1. The lowest BCUT2D eigenvalue weighted by Gasteiger charge is -2.17. The molecule has 11 aromatic rings. The predicted molar refractivity (Wildman–Crippen MR) is 226 cm³/mol. The molecule has 0 aliphatic carbocycles. The maximum atomic E-state index is 14.6. The first-order valence-corrected chi connectivity index (χ1v) is 18.8. The van der Waals surface area contributed by atoms with Gasteiger partial charge in [-0.25, -0.2) is 9.97 Å². The SMILES string of the molecule is Cc1ccc(C(F)(F)F)c(-c2nc(-n3c4ccccc4c4cc(-c5ccc6c(c5)c5ccccc5n6-c5ccccc5)ccc43)c3ccc4ccccc4c3n2)c1. The second kappa shape index (κ2) is 12.4. The Balaban J connectivity index is 1.16. The van der Waals surface area contributed by atoms with Crippen molar-refractivity contribution >= 4 is 65.3 Å². The summed E-state index contributed by atoms with van der Waals surface area (Å²) in [5.41, 5.74) is 7.76. The molecule has 0 spiro atoms. The van der Waals surface area contributed by atoms with Crippen molar-refractivity contribution in [1.29, 1.82) is 0 Å². The molecule has 11 rings (SSSR count). The van der Waals surface area contributed by atoms with E-state index in [0.29, 0.717) is 16.9 Å². The molecule has 272 valence electrons. The molecule has 0 aliphatic heterocycles. The van der Waals surface area contributed by atoms with E-state index in [1.165, 1.54) is 17.5 Å². The summed E-state index contributed by atoms with van der Waals surface area (Å²) in [6, 6.07) is 56.1. The summed E-state index contributed by atoms with van der Waals surface area (Å²) in [5, 5.41) is 6.89. The van der Waals surface area contributed by atoms with Crippen LogP contribution in [-0.2, 0) is 6.18 Å². The second-order valence-electron chi connectivity index (χ2n) is 14.6. The molecule has 57 heavy (non-hydrogen) atoms. The van der Waals surface area contributed by atoms with Gasteiger partial charge in [-0.1, -0.05) is 109 Å². The van der Waals surface area contributed by atoms with Gasteiger partial charge in [0.1, 0.15) is 5.82 Å². The molecule has 8 aromatic carbocycles. The Kier molecular flexibility index (Phi) is 7.19. The van der Waals surface area contributed by atoms with Crippen LogP contribution in [-0.4, -0.2) is 19.1 Å². The normalized spacial score (nSPS) is 12.2.